The Morgan fingerprint density at radius 3 is 1.89 bits per heavy atom. The van der Waals surface area contributed by atoms with Gasteiger partial charge in [-0.05, 0) is 41.5 Å². The van der Waals surface area contributed by atoms with E-state index in [0.29, 0.717) is 0 Å². The number of ketones is 1. The SMILES string of the molecule is Cc1cc(O)c(C(=O)/C=C/c2cc(C(C)(C)C)c(O)c(C(C)(C)C)c2)c(=O)o1. The molecular formula is C23H28O5. The number of hydrogen-bond acceptors (Lipinski definition) is 5. The molecule has 0 aliphatic carbocycles. The van der Waals surface area contributed by atoms with Crippen molar-refractivity contribution < 1.29 is 19.4 Å². The number of aryl methyl sites for hydroxylation is 1. The van der Waals surface area contributed by atoms with Gasteiger partial charge in [-0.3, -0.25) is 4.79 Å². The average molecular weight is 384 g/mol. The molecule has 0 aliphatic heterocycles. The van der Waals surface area contributed by atoms with Gasteiger partial charge in [-0.15, -0.1) is 0 Å². The van der Waals surface area contributed by atoms with Gasteiger partial charge >= 0.3 is 5.63 Å². The molecule has 28 heavy (non-hydrogen) atoms. The highest BCUT2D eigenvalue weighted by atomic mass is 16.4. The van der Waals surface area contributed by atoms with Gasteiger partial charge in [0.2, 0.25) is 0 Å². The maximum absolute atomic E-state index is 12.4. The van der Waals surface area contributed by atoms with Gasteiger partial charge in [0.05, 0.1) is 0 Å². The molecule has 0 spiro atoms. The molecule has 5 nitrogen and oxygen atoms in total. The third-order valence-electron chi connectivity index (χ3n) is 4.48. The van der Waals surface area contributed by atoms with Gasteiger partial charge in [0.25, 0.3) is 0 Å². The molecule has 0 saturated carbocycles. The molecular weight excluding hydrogens is 356 g/mol. The minimum atomic E-state index is -0.872. The van der Waals surface area contributed by atoms with E-state index < -0.39 is 22.7 Å². The molecule has 2 rings (SSSR count). The van der Waals surface area contributed by atoms with Crippen molar-refractivity contribution in [1.29, 1.82) is 0 Å². The van der Waals surface area contributed by atoms with Crippen LogP contribution < -0.4 is 5.63 Å². The van der Waals surface area contributed by atoms with Gasteiger partial charge in [0.1, 0.15) is 22.8 Å². The molecule has 0 fully saturated rings. The number of carbonyl (C=O) groups excluding carboxylic acids is 1. The summed E-state index contributed by atoms with van der Waals surface area (Å²) in [6, 6.07) is 4.89. The molecule has 2 aromatic rings. The van der Waals surface area contributed by atoms with Gasteiger partial charge in [-0.1, -0.05) is 47.6 Å². The summed E-state index contributed by atoms with van der Waals surface area (Å²) in [5, 5.41) is 20.7. The van der Waals surface area contributed by atoms with E-state index in [1.165, 1.54) is 19.1 Å². The monoisotopic (exact) mass is 384 g/mol. The zero-order chi connectivity index (χ0) is 21.4. The summed E-state index contributed by atoms with van der Waals surface area (Å²) in [5.41, 5.74) is 0.394. The first-order valence-corrected chi connectivity index (χ1v) is 9.16. The first-order chi connectivity index (χ1) is 12.7. The lowest BCUT2D eigenvalue weighted by atomic mass is 9.78. The van der Waals surface area contributed by atoms with Crippen LogP contribution in [0, 0.1) is 6.92 Å². The Hall–Kier alpha value is -2.82. The van der Waals surface area contributed by atoms with Crippen LogP contribution in [0.3, 0.4) is 0 Å². The van der Waals surface area contributed by atoms with Gasteiger partial charge in [0.15, 0.2) is 5.78 Å². The van der Waals surface area contributed by atoms with E-state index in [0.717, 1.165) is 16.7 Å². The van der Waals surface area contributed by atoms with E-state index in [-0.39, 0.29) is 22.3 Å². The number of phenols is 1. The highest BCUT2D eigenvalue weighted by molar-refractivity contribution is 6.08. The van der Waals surface area contributed by atoms with E-state index in [1.54, 1.807) is 6.08 Å². The second-order valence-electron chi connectivity index (χ2n) is 9.07. The number of rotatable bonds is 3. The second-order valence-corrected chi connectivity index (χ2v) is 9.07. The smallest absolute Gasteiger partial charge is 0.351 e. The summed E-state index contributed by atoms with van der Waals surface area (Å²) in [6.45, 7) is 13.5. The van der Waals surface area contributed by atoms with Crippen LogP contribution in [0.15, 0.2) is 33.5 Å². The third kappa shape index (κ3) is 4.53. The van der Waals surface area contributed by atoms with Crippen molar-refractivity contribution in [3.05, 3.63) is 62.7 Å². The normalized spacial score (nSPS) is 12.5. The number of phenolic OH excluding ortho intramolecular Hbond substituents is 1. The van der Waals surface area contributed by atoms with Gasteiger partial charge < -0.3 is 14.6 Å². The molecule has 1 aromatic heterocycles. The standard InChI is InChI=1S/C23H28O5/c1-13-10-18(25)19(21(27)28-13)17(24)9-8-14-11-15(22(2,3)4)20(26)16(12-14)23(5,6)7/h8-12,25-26H,1-7H3/b9-8+. The van der Waals surface area contributed by atoms with Crippen LogP contribution in [0.4, 0.5) is 0 Å². The molecule has 1 heterocycles. The summed E-state index contributed by atoms with van der Waals surface area (Å²) >= 11 is 0. The third-order valence-corrected chi connectivity index (χ3v) is 4.48. The first kappa shape index (κ1) is 21.5. The minimum Gasteiger partial charge on any atom is -0.507 e. The predicted molar refractivity (Wildman–Crippen MR) is 110 cm³/mol. The van der Waals surface area contributed by atoms with Crippen molar-refractivity contribution >= 4 is 11.9 Å². The molecule has 1 aromatic carbocycles. The molecule has 0 saturated heterocycles. The van der Waals surface area contributed by atoms with Crippen molar-refractivity contribution in [3.8, 4) is 11.5 Å². The molecule has 0 radical (unpaired) electrons. The van der Waals surface area contributed by atoms with E-state index in [2.05, 4.69) is 0 Å². The largest absolute Gasteiger partial charge is 0.507 e. The maximum atomic E-state index is 12.4. The lowest BCUT2D eigenvalue weighted by Gasteiger charge is -2.27. The molecule has 0 aliphatic rings. The first-order valence-electron chi connectivity index (χ1n) is 9.16. The molecule has 0 unspecified atom stereocenters. The van der Waals surface area contributed by atoms with Crippen molar-refractivity contribution in [3.63, 3.8) is 0 Å². The fraction of sp³-hybridized carbons (Fsp3) is 0.391. The van der Waals surface area contributed by atoms with Crippen LogP contribution in [0.2, 0.25) is 0 Å². The fourth-order valence-corrected chi connectivity index (χ4v) is 2.97. The summed E-state index contributed by atoms with van der Waals surface area (Å²) in [5.74, 6) is -0.569. The van der Waals surface area contributed by atoms with Crippen molar-refractivity contribution in [2.24, 2.45) is 0 Å². The number of carbonyl (C=O) groups is 1. The topological polar surface area (TPSA) is 87.7 Å². The molecule has 0 amide bonds. The molecule has 0 atom stereocenters. The number of hydrogen-bond donors (Lipinski definition) is 2. The van der Waals surface area contributed by atoms with Crippen LogP contribution in [-0.4, -0.2) is 16.0 Å². The molecule has 5 heteroatoms. The Labute approximate surface area is 165 Å². The quantitative estimate of drug-likeness (QED) is 0.583. The van der Waals surface area contributed by atoms with Crippen LogP contribution in [0.5, 0.6) is 11.5 Å². The average Bonchev–Trinajstić information content (AvgIpc) is 2.50. The number of allylic oxidation sites excluding steroid dienone is 1. The fourth-order valence-electron chi connectivity index (χ4n) is 2.97. The number of benzene rings is 1. The molecule has 150 valence electrons. The Balaban J connectivity index is 2.54. The van der Waals surface area contributed by atoms with Crippen LogP contribution in [-0.2, 0) is 10.8 Å². The summed E-state index contributed by atoms with van der Waals surface area (Å²) in [6.07, 6.45) is 2.80. The number of aromatic hydroxyl groups is 2. The van der Waals surface area contributed by atoms with Crippen LogP contribution in [0.1, 0.15) is 74.4 Å². The summed E-state index contributed by atoms with van der Waals surface area (Å²) in [4.78, 5) is 24.4. The Kier molecular flexibility index (Phi) is 5.60. The van der Waals surface area contributed by atoms with Crippen LogP contribution in [0.25, 0.3) is 6.08 Å². The maximum Gasteiger partial charge on any atom is 0.351 e. The summed E-state index contributed by atoms with van der Waals surface area (Å²) in [7, 11) is 0. The van der Waals surface area contributed by atoms with E-state index in [9.17, 15) is 19.8 Å². The van der Waals surface area contributed by atoms with Crippen molar-refractivity contribution in [1.82, 2.24) is 0 Å². The Bertz CT molecular complexity index is 960. The molecule has 0 bridgehead atoms. The lowest BCUT2D eigenvalue weighted by molar-refractivity contribution is 0.104. The second kappa shape index (κ2) is 7.30. The Morgan fingerprint density at radius 1 is 0.964 bits per heavy atom. The van der Waals surface area contributed by atoms with Crippen LogP contribution >= 0.6 is 0 Å². The minimum absolute atomic E-state index is 0.228. The van der Waals surface area contributed by atoms with E-state index in [1.807, 2.05) is 53.7 Å². The predicted octanol–water partition coefficient (Wildman–Crippen LogP) is 4.85. The van der Waals surface area contributed by atoms with E-state index >= 15 is 0 Å². The van der Waals surface area contributed by atoms with Crippen molar-refractivity contribution in [2.75, 3.05) is 0 Å². The van der Waals surface area contributed by atoms with Crippen molar-refractivity contribution in [2.45, 2.75) is 59.3 Å². The zero-order valence-corrected chi connectivity index (χ0v) is 17.5. The Morgan fingerprint density at radius 2 is 1.46 bits per heavy atom. The van der Waals surface area contributed by atoms with Gasteiger partial charge in [-0.2, -0.15) is 0 Å². The highest BCUT2D eigenvalue weighted by Gasteiger charge is 2.26. The lowest BCUT2D eigenvalue weighted by Crippen LogP contribution is -2.17. The van der Waals surface area contributed by atoms with E-state index in [4.69, 9.17) is 4.42 Å². The van der Waals surface area contributed by atoms with Gasteiger partial charge in [-0.25, -0.2) is 4.79 Å². The van der Waals surface area contributed by atoms with Gasteiger partial charge in [0, 0.05) is 17.2 Å². The highest BCUT2D eigenvalue weighted by Crippen LogP contribution is 2.40. The summed E-state index contributed by atoms with van der Waals surface area (Å²) < 4.78 is 4.90. The molecule has 2 N–H and O–H groups in total. The zero-order valence-electron chi connectivity index (χ0n) is 17.5.